The zero-order chi connectivity index (χ0) is 14.1. The van der Waals surface area contributed by atoms with Gasteiger partial charge in [-0.15, -0.1) is 0 Å². The van der Waals surface area contributed by atoms with Crippen LogP contribution >= 0.6 is 11.3 Å². The summed E-state index contributed by atoms with van der Waals surface area (Å²) in [4.78, 5) is 8.67. The summed E-state index contributed by atoms with van der Waals surface area (Å²) < 4.78 is 6.36. The summed E-state index contributed by atoms with van der Waals surface area (Å²) in [5, 5.41) is 4.60. The van der Waals surface area contributed by atoms with Crippen molar-refractivity contribution in [2.45, 2.75) is 26.7 Å². The van der Waals surface area contributed by atoms with Gasteiger partial charge in [-0.25, -0.2) is 4.98 Å². The van der Waals surface area contributed by atoms with E-state index in [1.165, 1.54) is 11.3 Å². The Kier molecular flexibility index (Phi) is 3.40. The fraction of sp³-hybridized carbons (Fsp3) is 0.357. The van der Waals surface area contributed by atoms with Crippen molar-refractivity contribution in [1.82, 2.24) is 15.1 Å². The molecule has 3 rings (SSSR count). The number of nitrogens with two attached hydrogens (primary N) is 1. The quantitative estimate of drug-likeness (QED) is 0.794. The summed E-state index contributed by atoms with van der Waals surface area (Å²) in [6, 6.07) is 5.85. The van der Waals surface area contributed by atoms with E-state index in [1.807, 2.05) is 18.2 Å². The lowest BCUT2D eigenvalue weighted by Crippen LogP contribution is -1.93. The predicted molar refractivity (Wildman–Crippen MR) is 80.5 cm³/mol. The van der Waals surface area contributed by atoms with E-state index in [0.717, 1.165) is 34.4 Å². The van der Waals surface area contributed by atoms with Crippen LogP contribution in [0.3, 0.4) is 0 Å². The van der Waals surface area contributed by atoms with Gasteiger partial charge in [-0.3, -0.25) is 0 Å². The van der Waals surface area contributed by atoms with Crippen LogP contribution in [0.25, 0.3) is 21.7 Å². The summed E-state index contributed by atoms with van der Waals surface area (Å²) >= 11 is 1.46. The standard InChI is InChI=1S/C14H16N4OS/c1-8(2)3-6-12-17-13(19-18-12)9-4-5-10-11(7-9)20-14(15)16-10/h4-5,7-8H,3,6H2,1-2H3,(H2,15,16). The Hall–Kier alpha value is -1.95. The zero-order valence-corrected chi connectivity index (χ0v) is 12.3. The maximum atomic E-state index is 5.71. The molecular weight excluding hydrogens is 272 g/mol. The molecule has 2 aromatic heterocycles. The van der Waals surface area contributed by atoms with E-state index in [1.54, 1.807) is 0 Å². The Bertz CT molecular complexity index is 732. The van der Waals surface area contributed by atoms with Gasteiger partial charge in [0.25, 0.3) is 5.89 Å². The molecule has 0 aliphatic rings. The number of benzene rings is 1. The van der Waals surface area contributed by atoms with Crippen LogP contribution in [0.5, 0.6) is 0 Å². The average molecular weight is 288 g/mol. The third kappa shape index (κ3) is 2.65. The third-order valence-electron chi connectivity index (χ3n) is 3.07. The van der Waals surface area contributed by atoms with Crippen LogP contribution in [0.4, 0.5) is 5.13 Å². The second-order valence-electron chi connectivity index (χ2n) is 5.18. The van der Waals surface area contributed by atoms with Gasteiger partial charge in [0.05, 0.1) is 10.2 Å². The highest BCUT2D eigenvalue weighted by molar-refractivity contribution is 7.22. The van der Waals surface area contributed by atoms with Crippen molar-refractivity contribution >= 4 is 26.7 Å². The molecule has 6 heteroatoms. The predicted octanol–water partition coefficient (Wildman–Crippen LogP) is 3.52. The molecule has 0 saturated heterocycles. The second kappa shape index (κ2) is 5.20. The Balaban J connectivity index is 1.86. The summed E-state index contributed by atoms with van der Waals surface area (Å²) in [6.07, 6.45) is 1.90. The summed E-state index contributed by atoms with van der Waals surface area (Å²) in [7, 11) is 0. The molecule has 5 nitrogen and oxygen atoms in total. The number of fused-ring (bicyclic) bond motifs is 1. The van der Waals surface area contributed by atoms with Gasteiger partial charge in [-0.05, 0) is 30.5 Å². The van der Waals surface area contributed by atoms with Crippen molar-refractivity contribution in [2.24, 2.45) is 5.92 Å². The zero-order valence-electron chi connectivity index (χ0n) is 11.5. The summed E-state index contributed by atoms with van der Waals surface area (Å²) in [5.41, 5.74) is 7.51. The van der Waals surface area contributed by atoms with Crippen molar-refractivity contribution in [2.75, 3.05) is 5.73 Å². The SMILES string of the molecule is CC(C)CCc1noc(-c2ccc3nc(N)sc3c2)n1. The number of rotatable bonds is 4. The van der Waals surface area contributed by atoms with Gasteiger partial charge in [0.15, 0.2) is 11.0 Å². The molecule has 0 unspecified atom stereocenters. The largest absolute Gasteiger partial charge is 0.375 e. The molecular formula is C14H16N4OS. The van der Waals surface area contributed by atoms with Crippen LogP contribution in [0.1, 0.15) is 26.1 Å². The first-order valence-corrected chi connectivity index (χ1v) is 7.42. The Morgan fingerprint density at radius 1 is 1.30 bits per heavy atom. The minimum Gasteiger partial charge on any atom is -0.375 e. The molecule has 0 atom stereocenters. The Morgan fingerprint density at radius 3 is 2.95 bits per heavy atom. The highest BCUT2D eigenvalue weighted by Gasteiger charge is 2.11. The van der Waals surface area contributed by atoms with Gasteiger partial charge >= 0.3 is 0 Å². The lowest BCUT2D eigenvalue weighted by molar-refractivity contribution is 0.419. The lowest BCUT2D eigenvalue weighted by atomic mass is 10.1. The van der Waals surface area contributed by atoms with Gasteiger partial charge in [0.1, 0.15) is 0 Å². The Labute approximate surface area is 120 Å². The van der Waals surface area contributed by atoms with Crippen LogP contribution in [0, 0.1) is 5.92 Å². The number of thiazole rings is 1. The monoisotopic (exact) mass is 288 g/mol. The molecule has 3 aromatic rings. The van der Waals surface area contributed by atoms with E-state index in [2.05, 4.69) is 29.0 Å². The van der Waals surface area contributed by atoms with Crippen LogP contribution in [0.2, 0.25) is 0 Å². The molecule has 2 N–H and O–H groups in total. The molecule has 1 aromatic carbocycles. The van der Waals surface area contributed by atoms with E-state index in [4.69, 9.17) is 10.3 Å². The molecule has 104 valence electrons. The molecule has 0 radical (unpaired) electrons. The van der Waals surface area contributed by atoms with Crippen LogP contribution < -0.4 is 5.73 Å². The molecule has 20 heavy (non-hydrogen) atoms. The molecule has 0 amide bonds. The number of aryl methyl sites for hydroxylation is 1. The topological polar surface area (TPSA) is 77.8 Å². The van der Waals surface area contributed by atoms with Crippen molar-refractivity contribution in [3.8, 4) is 11.5 Å². The summed E-state index contributed by atoms with van der Waals surface area (Å²) in [5.74, 6) is 1.95. The maximum absolute atomic E-state index is 5.71. The summed E-state index contributed by atoms with van der Waals surface area (Å²) in [6.45, 7) is 4.37. The van der Waals surface area contributed by atoms with Gasteiger partial charge in [0, 0.05) is 12.0 Å². The van der Waals surface area contributed by atoms with Crippen molar-refractivity contribution in [1.29, 1.82) is 0 Å². The van der Waals surface area contributed by atoms with E-state index in [0.29, 0.717) is 16.9 Å². The number of nitrogen functional groups attached to an aromatic ring is 1. The molecule has 0 aliphatic carbocycles. The molecule has 0 bridgehead atoms. The minimum absolute atomic E-state index is 0.553. The fourth-order valence-electron chi connectivity index (χ4n) is 1.97. The molecule has 0 saturated carbocycles. The van der Waals surface area contributed by atoms with Gasteiger partial charge < -0.3 is 10.3 Å². The number of hydrogen-bond donors (Lipinski definition) is 1. The smallest absolute Gasteiger partial charge is 0.257 e. The molecule has 0 aliphatic heterocycles. The normalized spacial score (nSPS) is 11.6. The molecule has 2 heterocycles. The van der Waals surface area contributed by atoms with Crippen LogP contribution in [-0.4, -0.2) is 15.1 Å². The van der Waals surface area contributed by atoms with E-state index in [-0.39, 0.29) is 0 Å². The highest BCUT2D eigenvalue weighted by Crippen LogP contribution is 2.28. The first kappa shape index (κ1) is 13.1. The number of aromatic nitrogens is 3. The van der Waals surface area contributed by atoms with Gasteiger partial charge in [0.2, 0.25) is 0 Å². The van der Waals surface area contributed by atoms with E-state index in [9.17, 15) is 0 Å². The van der Waals surface area contributed by atoms with Crippen molar-refractivity contribution < 1.29 is 4.52 Å². The highest BCUT2D eigenvalue weighted by atomic mass is 32.1. The Morgan fingerprint density at radius 2 is 2.15 bits per heavy atom. The van der Waals surface area contributed by atoms with E-state index < -0.39 is 0 Å². The first-order valence-electron chi connectivity index (χ1n) is 6.61. The van der Waals surface area contributed by atoms with E-state index >= 15 is 0 Å². The maximum Gasteiger partial charge on any atom is 0.257 e. The first-order chi connectivity index (χ1) is 9.61. The second-order valence-corrected chi connectivity index (χ2v) is 6.25. The lowest BCUT2D eigenvalue weighted by Gasteiger charge is -1.98. The van der Waals surface area contributed by atoms with Crippen molar-refractivity contribution in [3.63, 3.8) is 0 Å². The number of hydrogen-bond acceptors (Lipinski definition) is 6. The molecule has 0 spiro atoms. The van der Waals surface area contributed by atoms with Gasteiger partial charge in [-0.2, -0.15) is 4.98 Å². The van der Waals surface area contributed by atoms with Crippen molar-refractivity contribution in [3.05, 3.63) is 24.0 Å². The molecule has 0 fully saturated rings. The fourth-order valence-corrected chi connectivity index (χ4v) is 2.74. The van der Waals surface area contributed by atoms with Gasteiger partial charge in [-0.1, -0.05) is 30.3 Å². The van der Waals surface area contributed by atoms with Crippen LogP contribution in [-0.2, 0) is 6.42 Å². The number of anilines is 1. The van der Waals surface area contributed by atoms with Crippen LogP contribution in [0.15, 0.2) is 22.7 Å². The average Bonchev–Trinajstić information content (AvgIpc) is 3.00. The third-order valence-corrected chi connectivity index (χ3v) is 3.91. The number of nitrogens with zero attached hydrogens (tertiary/aromatic N) is 3. The minimum atomic E-state index is 0.553.